The fraction of sp³-hybridized carbons (Fsp3) is 0.0833. The van der Waals surface area contributed by atoms with Gasteiger partial charge in [-0.25, -0.2) is 4.39 Å². The number of nitrogens with one attached hydrogen (secondary N) is 1. The molecule has 1 aromatic carbocycles. The maximum Gasteiger partial charge on any atom is 0.258 e. The third kappa shape index (κ3) is 2.17. The highest BCUT2D eigenvalue weighted by Gasteiger charge is 2.12. The van der Waals surface area contributed by atoms with E-state index in [0.717, 1.165) is 0 Å². The van der Waals surface area contributed by atoms with Gasteiger partial charge in [0.1, 0.15) is 5.82 Å². The molecule has 0 aliphatic heterocycles. The van der Waals surface area contributed by atoms with Gasteiger partial charge in [0, 0.05) is 10.6 Å². The van der Waals surface area contributed by atoms with Crippen LogP contribution in [0.1, 0.15) is 0 Å². The molecule has 1 heterocycles. The summed E-state index contributed by atoms with van der Waals surface area (Å²) in [6.45, 7) is 0. The van der Waals surface area contributed by atoms with Gasteiger partial charge in [-0.3, -0.25) is 9.78 Å². The molecule has 0 unspecified atom stereocenters. The van der Waals surface area contributed by atoms with Crippen LogP contribution in [0.25, 0.3) is 11.1 Å². The van der Waals surface area contributed by atoms with Gasteiger partial charge in [0.2, 0.25) is 5.88 Å². The largest absolute Gasteiger partial charge is 0.481 e. The summed E-state index contributed by atoms with van der Waals surface area (Å²) in [6, 6.07) is 5.32. The lowest BCUT2D eigenvalue weighted by Gasteiger charge is -2.07. The average molecular weight is 269 g/mol. The second kappa shape index (κ2) is 4.70. The summed E-state index contributed by atoms with van der Waals surface area (Å²) in [5.41, 5.74) is 5.59. The maximum absolute atomic E-state index is 13.7. The molecule has 0 bridgehead atoms. The zero-order chi connectivity index (χ0) is 13.3. The molecule has 18 heavy (non-hydrogen) atoms. The Labute approximate surface area is 107 Å². The Kier molecular flexibility index (Phi) is 3.25. The van der Waals surface area contributed by atoms with Crippen molar-refractivity contribution >= 4 is 17.3 Å². The van der Waals surface area contributed by atoms with Crippen LogP contribution < -0.4 is 16.0 Å². The fourth-order valence-electron chi connectivity index (χ4n) is 1.60. The lowest BCUT2D eigenvalue weighted by molar-refractivity contribution is 0.399. The van der Waals surface area contributed by atoms with Crippen LogP contribution in [0.3, 0.4) is 0 Å². The summed E-state index contributed by atoms with van der Waals surface area (Å²) in [5, 5.41) is 0.334. The van der Waals surface area contributed by atoms with Gasteiger partial charge in [-0.1, -0.05) is 11.6 Å². The fourth-order valence-corrected chi connectivity index (χ4v) is 1.77. The number of pyridine rings is 1. The standard InChI is InChI=1S/C12H10ClFN2O2/c1-18-12-10(15)5-8(11(17)16-12)7-4-6(13)2-3-9(7)14/h2-5H,15H2,1H3,(H,16,17). The van der Waals surface area contributed by atoms with Crippen LogP contribution in [0.5, 0.6) is 5.88 Å². The predicted molar refractivity (Wildman–Crippen MR) is 68.4 cm³/mol. The Balaban J connectivity index is 2.68. The Hall–Kier alpha value is -2.01. The van der Waals surface area contributed by atoms with Gasteiger partial charge in [-0.2, -0.15) is 0 Å². The number of anilines is 1. The quantitative estimate of drug-likeness (QED) is 0.879. The molecule has 0 fully saturated rings. The highest BCUT2D eigenvalue weighted by molar-refractivity contribution is 6.30. The van der Waals surface area contributed by atoms with Crippen molar-refractivity contribution in [2.24, 2.45) is 0 Å². The number of ether oxygens (including phenoxy) is 1. The third-order valence-electron chi connectivity index (χ3n) is 2.46. The molecule has 0 saturated heterocycles. The van der Waals surface area contributed by atoms with Gasteiger partial charge in [0.25, 0.3) is 5.56 Å². The topological polar surface area (TPSA) is 68.1 Å². The lowest BCUT2D eigenvalue weighted by Crippen LogP contribution is -2.12. The number of aromatic amines is 1. The van der Waals surface area contributed by atoms with Gasteiger partial charge in [-0.05, 0) is 24.3 Å². The van der Waals surface area contributed by atoms with E-state index in [9.17, 15) is 9.18 Å². The second-order valence-electron chi connectivity index (χ2n) is 3.62. The number of nitrogen functional groups attached to an aromatic ring is 1. The van der Waals surface area contributed by atoms with Crippen molar-refractivity contribution in [3.05, 3.63) is 45.5 Å². The van der Waals surface area contributed by atoms with Crippen LogP contribution in [0.15, 0.2) is 29.1 Å². The first-order valence-electron chi connectivity index (χ1n) is 5.05. The van der Waals surface area contributed by atoms with Crippen molar-refractivity contribution in [2.45, 2.75) is 0 Å². The van der Waals surface area contributed by atoms with E-state index in [1.54, 1.807) is 0 Å². The molecule has 2 aromatic rings. The Bertz CT molecular complexity index is 655. The molecule has 6 heteroatoms. The number of rotatable bonds is 2. The normalized spacial score (nSPS) is 10.4. The highest BCUT2D eigenvalue weighted by Crippen LogP contribution is 2.27. The molecule has 0 aliphatic rings. The van der Waals surface area contributed by atoms with Gasteiger partial charge >= 0.3 is 0 Å². The Morgan fingerprint density at radius 3 is 2.72 bits per heavy atom. The summed E-state index contributed by atoms with van der Waals surface area (Å²) < 4.78 is 18.5. The van der Waals surface area contributed by atoms with E-state index in [1.807, 2.05) is 0 Å². The van der Waals surface area contributed by atoms with E-state index in [2.05, 4.69) is 4.98 Å². The van der Waals surface area contributed by atoms with Crippen molar-refractivity contribution in [3.8, 4) is 17.0 Å². The third-order valence-corrected chi connectivity index (χ3v) is 2.69. The predicted octanol–water partition coefficient (Wildman–Crippen LogP) is 2.43. The molecule has 0 amide bonds. The molecule has 0 radical (unpaired) electrons. The zero-order valence-corrected chi connectivity index (χ0v) is 10.2. The molecule has 2 rings (SSSR count). The van der Waals surface area contributed by atoms with Crippen molar-refractivity contribution in [1.29, 1.82) is 0 Å². The van der Waals surface area contributed by atoms with Crippen LogP contribution in [-0.4, -0.2) is 12.1 Å². The number of nitrogens with two attached hydrogens (primary N) is 1. The summed E-state index contributed by atoms with van der Waals surface area (Å²) >= 11 is 5.78. The Morgan fingerprint density at radius 2 is 2.06 bits per heavy atom. The van der Waals surface area contributed by atoms with Crippen molar-refractivity contribution in [3.63, 3.8) is 0 Å². The van der Waals surface area contributed by atoms with E-state index >= 15 is 0 Å². The number of hydrogen-bond acceptors (Lipinski definition) is 3. The monoisotopic (exact) mass is 268 g/mol. The second-order valence-corrected chi connectivity index (χ2v) is 4.06. The van der Waals surface area contributed by atoms with Crippen LogP contribution in [0.2, 0.25) is 5.02 Å². The average Bonchev–Trinajstić information content (AvgIpc) is 2.35. The van der Waals surface area contributed by atoms with Gasteiger partial charge in [0.05, 0.1) is 18.4 Å². The number of methoxy groups -OCH3 is 1. The van der Waals surface area contributed by atoms with Crippen molar-refractivity contribution in [2.75, 3.05) is 12.8 Å². The van der Waals surface area contributed by atoms with E-state index < -0.39 is 11.4 Å². The van der Waals surface area contributed by atoms with Crippen LogP contribution in [0, 0.1) is 5.82 Å². The molecule has 3 N–H and O–H groups in total. The molecule has 0 saturated carbocycles. The molecule has 1 aromatic heterocycles. The SMILES string of the molecule is COc1[nH]c(=O)c(-c2cc(Cl)ccc2F)cc1N. The van der Waals surface area contributed by atoms with Gasteiger partial charge in [0.15, 0.2) is 0 Å². The number of hydrogen-bond donors (Lipinski definition) is 2. The molecule has 4 nitrogen and oxygen atoms in total. The summed E-state index contributed by atoms with van der Waals surface area (Å²) in [4.78, 5) is 14.2. The van der Waals surface area contributed by atoms with E-state index in [0.29, 0.717) is 5.02 Å². The summed E-state index contributed by atoms with van der Waals surface area (Å²) in [6.07, 6.45) is 0. The Morgan fingerprint density at radius 1 is 1.33 bits per heavy atom. The van der Waals surface area contributed by atoms with Crippen LogP contribution in [0.4, 0.5) is 10.1 Å². The summed E-state index contributed by atoms with van der Waals surface area (Å²) in [7, 11) is 1.38. The van der Waals surface area contributed by atoms with E-state index in [4.69, 9.17) is 22.1 Å². The molecule has 0 aliphatic carbocycles. The van der Waals surface area contributed by atoms with Gasteiger partial charge < -0.3 is 10.5 Å². The number of halogens is 2. The first-order chi connectivity index (χ1) is 8.52. The lowest BCUT2D eigenvalue weighted by atomic mass is 10.1. The van der Waals surface area contributed by atoms with Crippen molar-refractivity contribution in [1.82, 2.24) is 4.98 Å². The molecular weight excluding hydrogens is 259 g/mol. The summed E-state index contributed by atoms with van der Waals surface area (Å²) in [5.74, 6) is -0.402. The van der Waals surface area contributed by atoms with E-state index in [1.165, 1.54) is 31.4 Å². The highest BCUT2D eigenvalue weighted by atomic mass is 35.5. The van der Waals surface area contributed by atoms with E-state index in [-0.39, 0.29) is 22.7 Å². The minimum atomic E-state index is -0.547. The first kappa shape index (κ1) is 12.4. The van der Waals surface area contributed by atoms with Crippen molar-refractivity contribution < 1.29 is 9.13 Å². The van der Waals surface area contributed by atoms with Gasteiger partial charge in [-0.15, -0.1) is 0 Å². The van der Waals surface area contributed by atoms with Crippen LogP contribution in [-0.2, 0) is 0 Å². The molecule has 94 valence electrons. The number of benzene rings is 1. The van der Waals surface area contributed by atoms with Crippen LogP contribution >= 0.6 is 11.6 Å². The molecule has 0 spiro atoms. The zero-order valence-electron chi connectivity index (χ0n) is 9.46. The first-order valence-corrected chi connectivity index (χ1v) is 5.43. The minimum Gasteiger partial charge on any atom is -0.481 e. The smallest absolute Gasteiger partial charge is 0.258 e. The number of aromatic nitrogens is 1. The number of H-pyrrole nitrogens is 1. The molecule has 0 atom stereocenters. The maximum atomic E-state index is 13.7. The minimum absolute atomic E-state index is 0.0955. The molecular formula is C12H10ClFN2O2.